The van der Waals surface area contributed by atoms with Gasteiger partial charge in [0.15, 0.2) is 0 Å². The lowest BCUT2D eigenvalue weighted by Gasteiger charge is -2.14. The maximum absolute atomic E-state index is 12.5. The van der Waals surface area contributed by atoms with Crippen LogP contribution in [0, 0.1) is 17.0 Å². The maximum Gasteiger partial charge on any atom is 0.340 e. The Hall–Kier alpha value is -3.28. The molecule has 6 nitrogen and oxygen atoms in total. The van der Waals surface area contributed by atoms with Crippen molar-refractivity contribution in [3.63, 3.8) is 0 Å². The van der Waals surface area contributed by atoms with Gasteiger partial charge in [-0.05, 0) is 25.5 Å². The fraction of sp³-hybridized carbons (Fsp3) is 0.158. The van der Waals surface area contributed by atoms with E-state index in [0.29, 0.717) is 27.7 Å². The second-order valence-corrected chi connectivity index (χ2v) is 5.49. The number of hydrogen-bond donors (Lipinski definition) is 0. The Morgan fingerprint density at radius 3 is 2.56 bits per heavy atom. The predicted octanol–water partition coefficient (Wildman–Crippen LogP) is 4.30. The topological polar surface area (TPSA) is 82.3 Å². The lowest BCUT2D eigenvalue weighted by molar-refractivity contribution is -0.384. The van der Waals surface area contributed by atoms with Crippen molar-refractivity contribution in [2.24, 2.45) is 0 Å². The van der Waals surface area contributed by atoms with Crippen LogP contribution in [-0.2, 0) is 4.74 Å². The Bertz CT molecular complexity index is 968. The predicted molar refractivity (Wildman–Crippen MR) is 94.5 cm³/mol. The number of non-ortho nitro benzene ring substituents is 1. The van der Waals surface area contributed by atoms with Crippen LogP contribution in [0.1, 0.15) is 23.0 Å². The highest BCUT2D eigenvalue weighted by Crippen LogP contribution is 2.34. The summed E-state index contributed by atoms with van der Waals surface area (Å²) in [7, 11) is 0. The summed E-state index contributed by atoms with van der Waals surface area (Å²) >= 11 is 0. The molecule has 0 N–H and O–H groups in total. The molecule has 25 heavy (non-hydrogen) atoms. The molecular weight excluding hydrogens is 320 g/mol. The molecule has 0 aliphatic carbocycles. The van der Waals surface area contributed by atoms with Crippen molar-refractivity contribution in [3.05, 3.63) is 69.9 Å². The van der Waals surface area contributed by atoms with Crippen molar-refractivity contribution in [2.45, 2.75) is 13.8 Å². The minimum Gasteiger partial charge on any atom is -0.462 e. The van der Waals surface area contributed by atoms with E-state index in [0.717, 1.165) is 5.56 Å². The van der Waals surface area contributed by atoms with Crippen LogP contribution in [0.5, 0.6) is 0 Å². The van der Waals surface area contributed by atoms with Crippen LogP contribution >= 0.6 is 0 Å². The average molecular weight is 336 g/mol. The Kier molecular flexibility index (Phi) is 4.43. The van der Waals surface area contributed by atoms with E-state index in [9.17, 15) is 14.9 Å². The van der Waals surface area contributed by atoms with Crippen LogP contribution in [0.3, 0.4) is 0 Å². The molecule has 0 fully saturated rings. The first-order valence-electron chi connectivity index (χ1n) is 7.84. The second-order valence-electron chi connectivity index (χ2n) is 5.49. The van der Waals surface area contributed by atoms with Crippen molar-refractivity contribution in [3.8, 4) is 11.1 Å². The Balaban J connectivity index is 2.38. The van der Waals surface area contributed by atoms with Gasteiger partial charge in [0.25, 0.3) is 5.69 Å². The summed E-state index contributed by atoms with van der Waals surface area (Å²) in [6.07, 6.45) is 0. The van der Waals surface area contributed by atoms with Gasteiger partial charge in [0.2, 0.25) is 0 Å². The number of rotatable bonds is 4. The average Bonchev–Trinajstić information content (AvgIpc) is 2.60. The molecule has 0 saturated heterocycles. The summed E-state index contributed by atoms with van der Waals surface area (Å²) in [5.74, 6) is -0.452. The van der Waals surface area contributed by atoms with Crippen molar-refractivity contribution in [1.82, 2.24) is 4.98 Å². The number of aromatic nitrogens is 1. The molecule has 0 aliphatic heterocycles. The third-order valence-corrected chi connectivity index (χ3v) is 3.90. The van der Waals surface area contributed by atoms with Gasteiger partial charge in [0.1, 0.15) is 0 Å². The number of aryl methyl sites for hydroxylation is 1. The summed E-state index contributed by atoms with van der Waals surface area (Å²) in [6, 6.07) is 13.9. The first-order chi connectivity index (χ1) is 12.0. The molecule has 0 unspecified atom stereocenters. The Morgan fingerprint density at radius 1 is 1.20 bits per heavy atom. The minimum atomic E-state index is -0.460. The third kappa shape index (κ3) is 3.06. The molecule has 1 aromatic heterocycles. The van der Waals surface area contributed by atoms with Crippen molar-refractivity contribution in [1.29, 1.82) is 0 Å². The number of fused-ring (bicyclic) bond motifs is 1. The standard InChI is InChI=1S/C19H16N2O4/c1-3-25-19(22)17-12(2)20-16-11-14(21(23)24)9-10-15(16)18(17)13-7-5-4-6-8-13/h4-11H,3H2,1-2H3. The molecule has 0 aliphatic rings. The van der Waals surface area contributed by atoms with Gasteiger partial charge in [0.05, 0.1) is 28.3 Å². The van der Waals surface area contributed by atoms with E-state index in [1.165, 1.54) is 12.1 Å². The van der Waals surface area contributed by atoms with Gasteiger partial charge in [0, 0.05) is 23.1 Å². The molecule has 0 amide bonds. The molecular formula is C19H16N2O4. The van der Waals surface area contributed by atoms with Gasteiger partial charge < -0.3 is 4.74 Å². The molecule has 126 valence electrons. The van der Waals surface area contributed by atoms with E-state index < -0.39 is 10.9 Å². The van der Waals surface area contributed by atoms with Gasteiger partial charge in [-0.1, -0.05) is 30.3 Å². The summed E-state index contributed by atoms with van der Waals surface area (Å²) in [5.41, 5.74) is 2.80. The highest BCUT2D eigenvalue weighted by Gasteiger charge is 2.22. The fourth-order valence-electron chi connectivity index (χ4n) is 2.85. The fourth-order valence-corrected chi connectivity index (χ4v) is 2.85. The Labute approximate surface area is 144 Å². The molecule has 1 heterocycles. The SMILES string of the molecule is CCOC(=O)c1c(C)nc2cc([N+](=O)[O-])ccc2c1-c1ccccc1. The summed E-state index contributed by atoms with van der Waals surface area (Å²) in [5, 5.41) is 11.7. The van der Waals surface area contributed by atoms with Crippen LogP contribution in [0.2, 0.25) is 0 Å². The molecule has 2 aromatic carbocycles. The molecule has 0 saturated carbocycles. The van der Waals surface area contributed by atoms with Crippen LogP contribution in [0.15, 0.2) is 48.5 Å². The van der Waals surface area contributed by atoms with Crippen LogP contribution < -0.4 is 0 Å². The summed E-state index contributed by atoms with van der Waals surface area (Å²) in [4.78, 5) is 27.5. The normalized spacial score (nSPS) is 10.6. The molecule has 3 aromatic rings. The van der Waals surface area contributed by atoms with Gasteiger partial charge in [-0.3, -0.25) is 15.1 Å². The first-order valence-corrected chi connectivity index (χ1v) is 7.84. The zero-order valence-electron chi connectivity index (χ0n) is 13.9. The zero-order chi connectivity index (χ0) is 18.0. The van der Waals surface area contributed by atoms with Crippen molar-refractivity contribution >= 4 is 22.6 Å². The highest BCUT2D eigenvalue weighted by atomic mass is 16.6. The van der Waals surface area contributed by atoms with Gasteiger partial charge in [-0.15, -0.1) is 0 Å². The number of hydrogen-bond acceptors (Lipinski definition) is 5. The molecule has 0 bridgehead atoms. The monoisotopic (exact) mass is 336 g/mol. The molecule has 0 spiro atoms. The van der Waals surface area contributed by atoms with E-state index in [1.54, 1.807) is 19.9 Å². The van der Waals surface area contributed by atoms with Crippen molar-refractivity contribution < 1.29 is 14.5 Å². The lowest BCUT2D eigenvalue weighted by atomic mass is 9.94. The molecule has 3 rings (SSSR count). The molecule has 0 atom stereocenters. The minimum absolute atomic E-state index is 0.0395. The highest BCUT2D eigenvalue weighted by molar-refractivity contribution is 6.08. The summed E-state index contributed by atoms with van der Waals surface area (Å²) < 4.78 is 5.19. The summed E-state index contributed by atoms with van der Waals surface area (Å²) in [6.45, 7) is 3.70. The first kappa shape index (κ1) is 16.6. The van der Waals surface area contributed by atoms with E-state index in [-0.39, 0.29) is 12.3 Å². The number of nitro groups is 1. The maximum atomic E-state index is 12.5. The number of carbonyl (C=O) groups is 1. The van der Waals surface area contributed by atoms with Gasteiger partial charge in [-0.25, -0.2) is 4.79 Å². The van der Waals surface area contributed by atoms with Crippen LogP contribution in [0.4, 0.5) is 5.69 Å². The van der Waals surface area contributed by atoms with Gasteiger partial charge in [-0.2, -0.15) is 0 Å². The third-order valence-electron chi connectivity index (χ3n) is 3.90. The number of nitro benzene ring substituents is 1. The van der Waals surface area contributed by atoms with E-state index in [1.807, 2.05) is 30.3 Å². The van der Waals surface area contributed by atoms with E-state index >= 15 is 0 Å². The quantitative estimate of drug-likeness (QED) is 0.403. The Morgan fingerprint density at radius 2 is 1.92 bits per heavy atom. The van der Waals surface area contributed by atoms with Crippen LogP contribution in [0.25, 0.3) is 22.0 Å². The number of carbonyl (C=O) groups excluding carboxylic acids is 1. The van der Waals surface area contributed by atoms with E-state index in [2.05, 4.69) is 4.98 Å². The molecule has 0 radical (unpaired) electrons. The largest absolute Gasteiger partial charge is 0.462 e. The smallest absolute Gasteiger partial charge is 0.340 e. The second kappa shape index (κ2) is 6.68. The number of ether oxygens (including phenoxy) is 1. The number of esters is 1. The van der Waals surface area contributed by atoms with E-state index in [4.69, 9.17) is 4.74 Å². The number of pyridine rings is 1. The van der Waals surface area contributed by atoms with Crippen LogP contribution in [-0.4, -0.2) is 22.5 Å². The zero-order valence-corrected chi connectivity index (χ0v) is 13.9. The van der Waals surface area contributed by atoms with Crippen molar-refractivity contribution in [2.75, 3.05) is 6.61 Å². The van der Waals surface area contributed by atoms with Gasteiger partial charge >= 0.3 is 5.97 Å². The molecule has 6 heteroatoms. The lowest BCUT2D eigenvalue weighted by Crippen LogP contribution is -2.10. The number of nitrogens with zero attached hydrogens (tertiary/aromatic N) is 2. The number of benzene rings is 2.